The van der Waals surface area contributed by atoms with Gasteiger partial charge in [-0.3, -0.25) is 14.5 Å². The standard InChI is InChI=1S/C18H31N3O3.C2HF3O2/c1-3-4-9-16(22)21-12-18(13-21)11-20(2)15(10-24-18)17(23)19-14-7-5-6-8-14;3-2(4,5)1(6)7/h14-15H,3-13H2,1-2H3,(H,19,23);(H,6,7). The normalized spacial score (nSPS) is 23.6. The Hall–Kier alpha value is -1.88. The third kappa shape index (κ3) is 7.06. The fraction of sp³-hybridized carbons (Fsp3) is 0.850. The third-order valence-corrected chi connectivity index (χ3v) is 5.92. The molecule has 8 nitrogen and oxygen atoms in total. The molecule has 0 bridgehead atoms. The van der Waals surface area contributed by atoms with Crippen LogP contribution in [0.2, 0.25) is 0 Å². The van der Waals surface area contributed by atoms with Crippen LogP contribution < -0.4 is 5.32 Å². The molecule has 1 atom stereocenters. The van der Waals surface area contributed by atoms with Gasteiger partial charge < -0.3 is 20.1 Å². The summed E-state index contributed by atoms with van der Waals surface area (Å²) in [5.41, 5.74) is -0.263. The first-order valence-corrected chi connectivity index (χ1v) is 10.7. The maximum Gasteiger partial charge on any atom is 0.490 e. The number of alkyl halides is 3. The molecule has 178 valence electrons. The number of nitrogens with one attached hydrogen (secondary N) is 1. The Labute approximate surface area is 180 Å². The topological polar surface area (TPSA) is 99.2 Å². The predicted molar refractivity (Wildman–Crippen MR) is 105 cm³/mol. The van der Waals surface area contributed by atoms with E-state index in [4.69, 9.17) is 14.6 Å². The molecule has 31 heavy (non-hydrogen) atoms. The van der Waals surface area contributed by atoms with Crippen molar-refractivity contribution in [2.75, 3.05) is 33.3 Å². The van der Waals surface area contributed by atoms with Crippen molar-refractivity contribution in [3.05, 3.63) is 0 Å². The number of likely N-dealkylation sites (tertiary alicyclic amines) is 1. The highest BCUT2D eigenvalue weighted by Crippen LogP contribution is 2.31. The van der Waals surface area contributed by atoms with Crippen molar-refractivity contribution in [3.8, 4) is 0 Å². The van der Waals surface area contributed by atoms with Gasteiger partial charge in [-0.1, -0.05) is 26.2 Å². The van der Waals surface area contributed by atoms with Gasteiger partial charge in [-0.25, -0.2) is 4.79 Å². The van der Waals surface area contributed by atoms with Crippen LogP contribution in [-0.2, 0) is 19.1 Å². The number of hydrogen-bond acceptors (Lipinski definition) is 5. The van der Waals surface area contributed by atoms with E-state index in [2.05, 4.69) is 17.1 Å². The number of halogens is 3. The number of carboxylic acid groups (broad SMARTS) is 1. The summed E-state index contributed by atoms with van der Waals surface area (Å²) in [7, 11) is 1.99. The molecule has 11 heteroatoms. The summed E-state index contributed by atoms with van der Waals surface area (Å²) >= 11 is 0. The average Bonchev–Trinajstić information content (AvgIpc) is 3.16. The minimum Gasteiger partial charge on any atom is -0.475 e. The van der Waals surface area contributed by atoms with Crippen molar-refractivity contribution in [3.63, 3.8) is 0 Å². The molecule has 2 amide bonds. The van der Waals surface area contributed by atoms with Crippen LogP contribution in [0.1, 0.15) is 51.9 Å². The van der Waals surface area contributed by atoms with Crippen LogP contribution in [-0.4, -0.2) is 89.8 Å². The molecule has 1 saturated carbocycles. The first-order valence-electron chi connectivity index (χ1n) is 10.7. The number of likely N-dealkylation sites (N-methyl/N-ethyl adjacent to an activating group) is 1. The average molecular weight is 451 g/mol. The quantitative estimate of drug-likeness (QED) is 0.661. The minimum atomic E-state index is -5.08. The van der Waals surface area contributed by atoms with E-state index in [-0.39, 0.29) is 23.5 Å². The van der Waals surface area contributed by atoms with E-state index >= 15 is 0 Å². The number of amides is 2. The molecule has 2 saturated heterocycles. The summed E-state index contributed by atoms with van der Waals surface area (Å²) in [6, 6.07) is 0.137. The highest BCUT2D eigenvalue weighted by atomic mass is 19.4. The van der Waals surface area contributed by atoms with Gasteiger partial charge >= 0.3 is 12.1 Å². The molecule has 1 unspecified atom stereocenters. The first kappa shape index (κ1) is 25.4. The number of aliphatic carboxylic acids is 1. The Bertz CT molecular complexity index is 646. The predicted octanol–water partition coefficient (Wildman–Crippen LogP) is 1.78. The van der Waals surface area contributed by atoms with E-state index in [0.29, 0.717) is 38.7 Å². The second-order valence-corrected chi connectivity index (χ2v) is 8.57. The van der Waals surface area contributed by atoms with Gasteiger partial charge in [0.1, 0.15) is 11.6 Å². The van der Waals surface area contributed by atoms with E-state index in [9.17, 15) is 22.8 Å². The summed E-state index contributed by atoms with van der Waals surface area (Å²) in [5, 5.41) is 10.3. The lowest BCUT2D eigenvalue weighted by atomic mass is 9.90. The van der Waals surface area contributed by atoms with Crippen molar-refractivity contribution in [2.45, 2.75) is 75.7 Å². The number of hydrogen-bond donors (Lipinski definition) is 2. The fourth-order valence-electron chi connectivity index (χ4n) is 4.14. The molecule has 3 aliphatic rings. The molecule has 2 heterocycles. The van der Waals surface area contributed by atoms with Crippen LogP contribution in [0, 0.1) is 0 Å². The van der Waals surface area contributed by atoms with E-state index in [1.807, 2.05) is 11.9 Å². The molecular weight excluding hydrogens is 419 g/mol. The summed E-state index contributed by atoms with van der Waals surface area (Å²) in [6.45, 7) is 4.56. The Morgan fingerprint density at radius 1 is 1.16 bits per heavy atom. The summed E-state index contributed by atoms with van der Waals surface area (Å²) in [4.78, 5) is 37.4. The van der Waals surface area contributed by atoms with E-state index in [1.165, 1.54) is 12.8 Å². The molecule has 1 aliphatic carbocycles. The molecule has 0 aromatic rings. The summed E-state index contributed by atoms with van der Waals surface area (Å²) in [6.07, 6.45) is 2.17. The SMILES string of the molecule is CCCCC(=O)N1CC2(C1)CN(C)C(C(=O)NC1CCCC1)CO2.O=C(O)C(F)(F)F. The zero-order valence-electron chi connectivity index (χ0n) is 18.0. The Morgan fingerprint density at radius 2 is 1.74 bits per heavy atom. The molecule has 0 aromatic carbocycles. The van der Waals surface area contributed by atoms with Gasteiger partial charge in [0.2, 0.25) is 11.8 Å². The Morgan fingerprint density at radius 3 is 2.23 bits per heavy atom. The van der Waals surface area contributed by atoms with Crippen molar-refractivity contribution >= 4 is 17.8 Å². The van der Waals surface area contributed by atoms with Crippen molar-refractivity contribution in [2.24, 2.45) is 0 Å². The number of carbonyl (C=O) groups excluding carboxylic acids is 2. The van der Waals surface area contributed by atoms with Crippen LogP contribution in [0.4, 0.5) is 13.2 Å². The smallest absolute Gasteiger partial charge is 0.475 e. The monoisotopic (exact) mass is 451 g/mol. The van der Waals surface area contributed by atoms with Gasteiger partial charge in [0, 0.05) is 19.0 Å². The zero-order valence-corrected chi connectivity index (χ0v) is 18.0. The van der Waals surface area contributed by atoms with Crippen LogP contribution in [0.5, 0.6) is 0 Å². The molecule has 2 aliphatic heterocycles. The molecule has 3 rings (SSSR count). The van der Waals surface area contributed by atoms with Crippen LogP contribution >= 0.6 is 0 Å². The zero-order chi connectivity index (χ0) is 23.2. The van der Waals surface area contributed by atoms with Crippen molar-refractivity contribution < 1.29 is 37.4 Å². The maximum atomic E-state index is 12.5. The van der Waals surface area contributed by atoms with Gasteiger partial charge in [-0.05, 0) is 26.3 Å². The van der Waals surface area contributed by atoms with Gasteiger partial charge in [0.15, 0.2) is 0 Å². The van der Waals surface area contributed by atoms with Gasteiger partial charge in [0.25, 0.3) is 0 Å². The number of carbonyl (C=O) groups is 3. The fourth-order valence-corrected chi connectivity index (χ4v) is 4.14. The molecule has 1 spiro atoms. The lowest BCUT2D eigenvalue weighted by molar-refractivity contribution is -0.201. The second kappa shape index (κ2) is 10.6. The van der Waals surface area contributed by atoms with Crippen molar-refractivity contribution in [1.82, 2.24) is 15.1 Å². The minimum absolute atomic E-state index is 0.0921. The molecule has 2 N–H and O–H groups in total. The van der Waals surface area contributed by atoms with Crippen molar-refractivity contribution in [1.29, 1.82) is 0 Å². The van der Waals surface area contributed by atoms with Crippen LogP contribution in [0.25, 0.3) is 0 Å². The highest BCUT2D eigenvalue weighted by molar-refractivity contribution is 5.82. The molecular formula is C20H32F3N3O5. The second-order valence-electron chi connectivity index (χ2n) is 8.57. The molecule has 3 fully saturated rings. The Kier molecular flexibility index (Phi) is 8.70. The number of morpholine rings is 1. The van der Waals surface area contributed by atoms with Gasteiger partial charge in [0.05, 0.1) is 19.7 Å². The lowest BCUT2D eigenvalue weighted by Crippen LogP contribution is -2.73. The van der Waals surface area contributed by atoms with E-state index in [1.54, 1.807) is 0 Å². The number of nitrogens with zero attached hydrogens (tertiary/aromatic N) is 2. The van der Waals surface area contributed by atoms with Crippen LogP contribution in [0.15, 0.2) is 0 Å². The third-order valence-electron chi connectivity index (χ3n) is 5.92. The maximum absolute atomic E-state index is 12.5. The number of rotatable bonds is 5. The van der Waals surface area contributed by atoms with E-state index in [0.717, 1.165) is 25.7 Å². The number of unbranched alkanes of at least 4 members (excludes halogenated alkanes) is 1. The van der Waals surface area contributed by atoms with Gasteiger partial charge in [-0.15, -0.1) is 0 Å². The highest BCUT2D eigenvalue weighted by Gasteiger charge is 2.51. The van der Waals surface area contributed by atoms with E-state index < -0.39 is 12.1 Å². The summed E-state index contributed by atoms with van der Waals surface area (Å²) < 4.78 is 37.8. The largest absolute Gasteiger partial charge is 0.490 e. The summed E-state index contributed by atoms with van der Waals surface area (Å²) in [5.74, 6) is -2.43. The number of carboxylic acids is 1. The van der Waals surface area contributed by atoms with Gasteiger partial charge in [-0.2, -0.15) is 13.2 Å². The Balaban J connectivity index is 0.000000423. The van der Waals surface area contributed by atoms with Crippen LogP contribution in [0.3, 0.4) is 0 Å². The molecule has 0 radical (unpaired) electrons. The lowest BCUT2D eigenvalue weighted by Gasteiger charge is -2.54. The number of ether oxygens (including phenoxy) is 1. The first-order chi connectivity index (χ1) is 14.5. The molecule has 0 aromatic heterocycles.